The molecule has 4 rings (SSSR count). The number of carbonyl (C=O) groups is 2. The van der Waals surface area contributed by atoms with Gasteiger partial charge in [-0.05, 0) is 49.2 Å². The van der Waals surface area contributed by atoms with Gasteiger partial charge in [-0.1, -0.05) is 32.4 Å². The molecule has 4 aliphatic rings. The molecule has 0 aliphatic heterocycles. The van der Waals surface area contributed by atoms with Crippen LogP contribution in [-0.4, -0.2) is 55.4 Å². The fourth-order valence-corrected chi connectivity index (χ4v) is 8.40. The molecule has 0 bridgehead atoms. The van der Waals surface area contributed by atoms with Crippen molar-refractivity contribution < 1.29 is 24.9 Å². The fourth-order valence-electron chi connectivity index (χ4n) is 7.19. The molecule has 7 heteroatoms. The number of hydrogen-bond donors (Lipinski definition) is 3. The summed E-state index contributed by atoms with van der Waals surface area (Å²) in [5, 5.41) is 31.6. The zero-order chi connectivity index (χ0) is 21.6. The Bertz CT molecular complexity index is 839. The zero-order valence-electron chi connectivity index (χ0n) is 16.9. The first kappa shape index (κ1) is 21.5. The van der Waals surface area contributed by atoms with Crippen LogP contribution in [0.1, 0.15) is 40.0 Å². The van der Waals surface area contributed by atoms with Crippen LogP contribution in [0.15, 0.2) is 23.8 Å². The van der Waals surface area contributed by atoms with E-state index in [1.165, 1.54) is 6.08 Å². The Labute approximate surface area is 180 Å². The second-order valence-electron chi connectivity index (χ2n) is 9.74. The lowest BCUT2D eigenvalue weighted by molar-refractivity contribution is -0.193. The Hall–Kier alpha value is -0.720. The number of hydrogen-bond acceptors (Lipinski definition) is 5. The summed E-state index contributed by atoms with van der Waals surface area (Å²) in [6.07, 6.45) is 5.47. The van der Waals surface area contributed by atoms with Gasteiger partial charge in [0.25, 0.3) is 0 Å². The van der Waals surface area contributed by atoms with Gasteiger partial charge in [0.2, 0.25) is 0 Å². The average molecular weight is 443 g/mol. The van der Waals surface area contributed by atoms with Crippen LogP contribution in [-0.2, 0) is 9.59 Å². The minimum atomic E-state index is -1.88. The van der Waals surface area contributed by atoms with Gasteiger partial charge in [0.15, 0.2) is 11.6 Å². The number of aliphatic hydroxyl groups is 3. The summed E-state index contributed by atoms with van der Waals surface area (Å²) in [5.74, 6) is -1.66. The molecule has 3 unspecified atom stereocenters. The summed E-state index contributed by atoms with van der Waals surface area (Å²) >= 11 is 14.3. The van der Waals surface area contributed by atoms with E-state index in [1.807, 2.05) is 6.92 Å². The number of ketones is 2. The molecular formula is C22H28Cl2O5. The van der Waals surface area contributed by atoms with Crippen LogP contribution in [0.5, 0.6) is 0 Å². The highest BCUT2D eigenvalue weighted by molar-refractivity contribution is 6.34. The summed E-state index contributed by atoms with van der Waals surface area (Å²) in [7, 11) is 0. The molecular weight excluding hydrogens is 415 g/mol. The van der Waals surface area contributed by atoms with Crippen molar-refractivity contribution in [2.75, 3.05) is 6.61 Å². The quantitative estimate of drug-likeness (QED) is 0.570. The lowest BCUT2D eigenvalue weighted by atomic mass is 9.45. The molecule has 0 spiro atoms. The van der Waals surface area contributed by atoms with E-state index >= 15 is 0 Å². The second-order valence-corrected chi connectivity index (χ2v) is 10.8. The number of carbonyl (C=O) groups excluding carboxylic acids is 2. The Morgan fingerprint density at radius 1 is 1.31 bits per heavy atom. The predicted octanol–water partition coefficient (Wildman–Crippen LogP) is 2.38. The highest BCUT2D eigenvalue weighted by Crippen LogP contribution is 2.72. The lowest BCUT2D eigenvalue weighted by Crippen LogP contribution is -2.73. The summed E-state index contributed by atoms with van der Waals surface area (Å²) in [5.41, 5.74) is -2.92. The van der Waals surface area contributed by atoms with E-state index in [-0.39, 0.29) is 17.6 Å². The van der Waals surface area contributed by atoms with Crippen LogP contribution in [0.25, 0.3) is 0 Å². The molecule has 29 heavy (non-hydrogen) atoms. The summed E-state index contributed by atoms with van der Waals surface area (Å²) in [6.45, 7) is 4.64. The number of fused-ring (bicyclic) bond motifs is 5. The van der Waals surface area contributed by atoms with Crippen LogP contribution in [0.4, 0.5) is 0 Å². The van der Waals surface area contributed by atoms with Gasteiger partial charge in [-0.15, -0.1) is 23.2 Å². The van der Waals surface area contributed by atoms with E-state index in [4.69, 9.17) is 23.2 Å². The van der Waals surface area contributed by atoms with Crippen molar-refractivity contribution in [1.29, 1.82) is 0 Å². The van der Waals surface area contributed by atoms with Gasteiger partial charge in [-0.3, -0.25) is 9.59 Å². The molecule has 0 aromatic carbocycles. The van der Waals surface area contributed by atoms with Gasteiger partial charge in [0.1, 0.15) is 12.2 Å². The van der Waals surface area contributed by atoms with E-state index in [0.29, 0.717) is 19.3 Å². The highest BCUT2D eigenvalue weighted by Gasteiger charge is 2.77. The van der Waals surface area contributed by atoms with Crippen molar-refractivity contribution in [3.8, 4) is 0 Å². The molecule has 0 radical (unpaired) electrons. The van der Waals surface area contributed by atoms with Crippen LogP contribution in [0, 0.1) is 28.6 Å². The lowest BCUT2D eigenvalue weighted by Gasteiger charge is -2.65. The van der Waals surface area contributed by atoms with E-state index in [0.717, 1.165) is 5.57 Å². The normalized spacial score (nSPS) is 53.7. The fraction of sp³-hybridized carbons (Fsp3) is 0.727. The van der Waals surface area contributed by atoms with Gasteiger partial charge in [-0.2, -0.15) is 0 Å². The summed E-state index contributed by atoms with van der Waals surface area (Å²) in [6, 6.07) is 0. The maximum absolute atomic E-state index is 12.7. The molecule has 160 valence electrons. The number of allylic oxidation sites excluding steroid dienone is 4. The third-order valence-corrected chi connectivity index (χ3v) is 10.5. The summed E-state index contributed by atoms with van der Waals surface area (Å²) < 4.78 is 0. The predicted molar refractivity (Wildman–Crippen MR) is 110 cm³/mol. The third kappa shape index (κ3) is 2.24. The number of rotatable bonds is 2. The van der Waals surface area contributed by atoms with Gasteiger partial charge in [-0.25, -0.2) is 0 Å². The minimum Gasteiger partial charge on any atom is -0.391 e. The number of aliphatic hydroxyl groups excluding tert-OH is 2. The molecule has 0 heterocycles. The van der Waals surface area contributed by atoms with Crippen molar-refractivity contribution in [3.63, 3.8) is 0 Å². The maximum Gasteiger partial charge on any atom is 0.190 e. The largest absolute Gasteiger partial charge is 0.391 e. The van der Waals surface area contributed by atoms with Crippen molar-refractivity contribution in [1.82, 2.24) is 0 Å². The zero-order valence-corrected chi connectivity index (χ0v) is 18.4. The molecule has 3 saturated carbocycles. The molecule has 3 N–H and O–H groups in total. The Morgan fingerprint density at radius 2 is 1.97 bits per heavy atom. The van der Waals surface area contributed by atoms with Crippen LogP contribution < -0.4 is 0 Å². The van der Waals surface area contributed by atoms with Gasteiger partial charge < -0.3 is 15.3 Å². The van der Waals surface area contributed by atoms with Crippen molar-refractivity contribution in [3.05, 3.63) is 23.8 Å². The molecule has 0 saturated heterocycles. The Morgan fingerprint density at radius 3 is 2.59 bits per heavy atom. The summed E-state index contributed by atoms with van der Waals surface area (Å²) in [4.78, 5) is 23.6. The smallest absolute Gasteiger partial charge is 0.190 e. The maximum atomic E-state index is 12.7. The van der Waals surface area contributed by atoms with Crippen molar-refractivity contribution in [2.45, 2.75) is 62.0 Å². The van der Waals surface area contributed by atoms with E-state index in [1.54, 1.807) is 26.0 Å². The molecule has 9 atom stereocenters. The molecule has 0 amide bonds. The SMILES string of the molecule is CC1C[C@H]2[C@@H]3CCC4=CC(=O)C=C[C@]4(C)[C@@]3(Cl)C(Cl)C(O)[C@]2(C)[C@@]1(O)C(=O)CO. The molecule has 0 aromatic rings. The number of alkyl halides is 2. The number of Topliss-reactive ketones (excluding diaryl/α,β-unsaturated/α-hetero) is 1. The first-order chi connectivity index (χ1) is 13.4. The van der Waals surface area contributed by atoms with Crippen LogP contribution in [0.3, 0.4) is 0 Å². The van der Waals surface area contributed by atoms with Gasteiger partial charge in [0.05, 0.1) is 16.4 Å². The van der Waals surface area contributed by atoms with E-state index in [9.17, 15) is 24.9 Å². The first-order valence-electron chi connectivity index (χ1n) is 10.2. The molecule has 5 nitrogen and oxygen atoms in total. The highest BCUT2D eigenvalue weighted by atomic mass is 35.5. The molecule has 3 fully saturated rings. The van der Waals surface area contributed by atoms with Crippen molar-refractivity contribution in [2.24, 2.45) is 28.6 Å². The monoisotopic (exact) mass is 442 g/mol. The Balaban J connectivity index is 1.89. The van der Waals surface area contributed by atoms with E-state index in [2.05, 4.69) is 0 Å². The number of halogens is 2. The first-order valence-corrected chi connectivity index (χ1v) is 11.0. The topological polar surface area (TPSA) is 94.8 Å². The molecule has 4 aliphatic carbocycles. The van der Waals surface area contributed by atoms with Crippen LogP contribution in [0.2, 0.25) is 0 Å². The third-order valence-electron chi connectivity index (χ3n) is 8.88. The van der Waals surface area contributed by atoms with Crippen molar-refractivity contribution >= 4 is 34.8 Å². The second kappa shape index (κ2) is 6.39. The minimum absolute atomic E-state index is 0.0825. The van der Waals surface area contributed by atoms with Gasteiger partial charge >= 0.3 is 0 Å². The van der Waals surface area contributed by atoms with E-state index < -0.39 is 51.1 Å². The standard InChI is InChI=1S/C22H28Cl2O5/c1-11-8-15-14-5-4-12-9-13(26)6-7-19(12,2)21(14,24)17(23)18(28)20(15,3)22(11,29)16(27)10-25/h6-7,9,11,14-15,17-18,25,28-29H,4-5,8,10H2,1-3H3/t11?,14-,15-,17?,18?,19-,20+,21-,22-/m0/s1. The van der Waals surface area contributed by atoms with Gasteiger partial charge in [0, 0.05) is 10.8 Å². The average Bonchev–Trinajstić information content (AvgIpc) is 2.90. The molecule has 0 aromatic heterocycles. The Kier molecular flexibility index (Phi) is 4.74. The van der Waals surface area contributed by atoms with Crippen LogP contribution >= 0.6 is 23.2 Å².